The van der Waals surface area contributed by atoms with Gasteiger partial charge in [-0.15, -0.1) is 0 Å². The number of rotatable bonds is 7. The van der Waals surface area contributed by atoms with Gasteiger partial charge >= 0.3 is 0 Å². The first-order valence-electron chi connectivity index (χ1n) is 9.03. The van der Waals surface area contributed by atoms with E-state index < -0.39 is 6.10 Å². The molecule has 0 aliphatic heterocycles. The maximum absolute atomic E-state index is 13.3. The van der Waals surface area contributed by atoms with E-state index in [-0.39, 0.29) is 5.82 Å². The summed E-state index contributed by atoms with van der Waals surface area (Å²) in [4.78, 5) is 0. The Balaban J connectivity index is 1.57. The average molecular weight is 377 g/mol. The minimum Gasteiger partial charge on any atom is -0.467 e. The average Bonchev–Trinajstić information content (AvgIpc) is 3.40. The fourth-order valence-electron chi connectivity index (χ4n) is 3.03. The molecule has 2 heterocycles. The number of hydrogen-bond acceptors (Lipinski definition) is 4. The van der Waals surface area contributed by atoms with E-state index in [1.54, 1.807) is 28.9 Å². The van der Waals surface area contributed by atoms with E-state index in [4.69, 9.17) is 9.52 Å². The van der Waals surface area contributed by atoms with Crippen molar-refractivity contribution < 1.29 is 13.9 Å². The van der Waals surface area contributed by atoms with Gasteiger partial charge in [-0.05, 0) is 48.5 Å². The second-order valence-electron chi connectivity index (χ2n) is 6.45. The van der Waals surface area contributed by atoms with Gasteiger partial charge in [-0.2, -0.15) is 5.10 Å². The van der Waals surface area contributed by atoms with Gasteiger partial charge in [0.25, 0.3) is 0 Å². The third-order valence-corrected chi connectivity index (χ3v) is 4.45. The number of hydrogen-bond donors (Lipinski definition) is 2. The van der Waals surface area contributed by atoms with Crippen LogP contribution in [0.3, 0.4) is 0 Å². The van der Waals surface area contributed by atoms with E-state index >= 15 is 0 Å². The van der Waals surface area contributed by atoms with Crippen LogP contribution in [0.4, 0.5) is 4.39 Å². The molecule has 2 aromatic carbocycles. The van der Waals surface area contributed by atoms with E-state index in [0.29, 0.717) is 18.8 Å². The highest BCUT2D eigenvalue weighted by molar-refractivity contribution is 5.63. The van der Waals surface area contributed by atoms with Gasteiger partial charge in [0, 0.05) is 30.4 Å². The zero-order valence-corrected chi connectivity index (χ0v) is 15.1. The van der Waals surface area contributed by atoms with Gasteiger partial charge in [0.05, 0.1) is 17.6 Å². The van der Waals surface area contributed by atoms with Gasteiger partial charge in [0.2, 0.25) is 0 Å². The molecule has 0 spiro atoms. The zero-order valence-electron chi connectivity index (χ0n) is 15.1. The number of benzene rings is 2. The van der Waals surface area contributed by atoms with Crippen molar-refractivity contribution in [3.05, 3.63) is 96.3 Å². The summed E-state index contributed by atoms with van der Waals surface area (Å²) in [7, 11) is 0. The number of para-hydroxylation sites is 1. The van der Waals surface area contributed by atoms with Crippen molar-refractivity contribution in [2.75, 3.05) is 6.54 Å². The van der Waals surface area contributed by atoms with Crippen molar-refractivity contribution in [2.24, 2.45) is 0 Å². The van der Waals surface area contributed by atoms with Crippen molar-refractivity contribution in [3.8, 4) is 16.9 Å². The molecule has 0 amide bonds. The number of aliphatic hydroxyl groups is 1. The number of nitrogens with one attached hydrogen (secondary N) is 1. The topological polar surface area (TPSA) is 63.2 Å². The monoisotopic (exact) mass is 377 g/mol. The van der Waals surface area contributed by atoms with Crippen LogP contribution in [0.5, 0.6) is 0 Å². The molecule has 0 radical (unpaired) electrons. The standard InChI is InChI=1S/C22H20FN3O2/c23-18-10-8-16(9-11-18)22-17(13-24-14-20(27)21-7-4-12-28-21)15-26(25-22)19-5-2-1-3-6-19/h1-12,15,20,24,27H,13-14H2. The SMILES string of the molecule is OC(CNCc1cn(-c2ccccc2)nc1-c1ccc(F)cc1)c1ccco1. The predicted octanol–water partition coefficient (Wildman–Crippen LogP) is 4.09. The molecule has 2 aromatic heterocycles. The third-order valence-electron chi connectivity index (χ3n) is 4.45. The lowest BCUT2D eigenvalue weighted by Crippen LogP contribution is -2.20. The summed E-state index contributed by atoms with van der Waals surface area (Å²) >= 11 is 0. The van der Waals surface area contributed by atoms with Crippen molar-refractivity contribution in [2.45, 2.75) is 12.6 Å². The summed E-state index contributed by atoms with van der Waals surface area (Å²) in [6.07, 6.45) is 2.75. The second kappa shape index (κ2) is 8.21. The number of nitrogens with zero attached hydrogens (tertiary/aromatic N) is 2. The molecule has 0 fully saturated rings. The number of furan rings is 1. The molecular formula is C22H20FN3O2. The lowest BCUT2D eigenvalue weighted by molar-refractivity contribution is 0.147. The summed E-state index contributed by atoms with van der Waals surface area (Å²) in [5, 5.41) is 18.1. The molecule has 4 rings (SSSR count). The van der Waals surface area contributed by atoms with Crippen LogP contribution in [0.1, 0.15) is 17.4 Å². The Kier molecular flexibility index (Phi) is 5.32. The summed E-state index contributed by atoms with van der Waals surface area (Å²) < 4.78 is 20.4. The van der Waals surface area contributed by atoms with Crippen molar-refractivity contribution in [3.63, 3.8) is 0 Å². The summed E-state index contributed by atoms with van der Waals surface area (Å²) in [5.41, 5.74) is 3.48. The minimum absolute atomic E-state index is 0.285. The first kappa shape index (κ1) is 18.2. The molecule has 142 valence electrons. The Labute approximate surface area is 162 Å². The molecule has 4 aromatic rings. The zero-order chi connectivity index (χ0) is 19.3. The Bertz CT molecular complexity index is 1010. The number of aliphatic hydroxyl groups excluding tert-OH is 1. The fraction of sp³-hybridized carbons (Fsp3) is 0.136. The fourth-order valence-corrected chi connectivity index (χ4v) is 3.03. The highest BCUT2D eigenvalue weighted by Crippen LogP contribution is 2.24. The normalized spacial score (nSPS) is 12.2. The largest absolute Gasteiger partial charge is 0.467 e. The van der Waals surface area contributed by atoms with Gasteiger partial charge in [0.1, 0.15) is 17.7 Å². The second-order valence-corrected chi connectivity index (χ2v) is 6.45. The number of halogens is 1. The van der Waals surface area contributed by atoms with Crippen molar-refractivity contribution >= 4 is 0 Å². The molecule has 6 heteroatoms. The maximum atomic E-state index is 13.3. The minimum atomic E-state index is -0.728. The van der Waals surface area contributed by atoms with E-state index in [1.165, 1.54) is 18.4 Å². The molecule has 1 atom stereocenters. The van der Waals surface area contributed by atoms with Crippen LogP contribution in [-0.4, -0.2) is 21.4 Å². The summed E-state index contributed by atoms with van der Waals surface area (Å²) in [6, 6.07) is 19.6. The van der Waals surface area contributed by atoms with Crippen LogP contribution in [0.2, 0.25) is 0 Å². The van der Waals surface area contributed by atoms with E-state index in [1.807, 2.05) is 36.5 Å². The van der Waals surface area contributed by atoms with Crippen LogP contribution in [-0.2, 0) is 6.54 Å². The molecule has 0 aliphatic carbocycles. The highest BCUT2D eigenvalue weighted by atomic mass is 19.1. The van der Waals surface area contributed by atoms with Gasteiger partial charge in [-0.3, -0.25) is 0 Å². The smallest absolute Gasteiger partial charge is 0.133 e. The Morgan fingerprint density at radius 1 is 1.04 bits per heavy atom. The lowest BCUT2D eigenvalue weighted by atomic mass is 10.1. The predicted molar refractivity (Wildman–Crippen MR) is 104 cm³/mol. The van der Waals surface area contributed by atoms with Crippen molar-refractivity contribution in [1.29, 1.82) is 0 Å². The van der Waals surface area contributed by atoms with Gasteiger partial charge in [0.15, 0.2) is 0 Å². The molecule has 1 unspecified atom stereocenters. The Morgan fingerprint density at radius 3 is 2.54 bits per heavy atom. The summed E-state index contributed by atoms with van der Waals surface area (Å²) in [6.45, 7) is 0.838. The van der Waals surface area contributed by atoms with Crippen LogP contribution in [0.15, 0.2) is 83.6 Å². The van der Waals surface area contributed by atoms with Crippen LogP contribution in [0, 0.1) is 5.82 Å². The first-order chi connectivity index (χ1) is 13.7. The van der Waals surface area contributed by atoms with Crippen LogP contribution >= 0.6 is 0 Å². The summed E-state index contributed by atoms with van der Waals surface area (Å²) in [5.74, 6) is 0.235. The Morgan fingerprint density at radius 2 is 1.82 bits per heavy atom. The van der Waals surface area contributed by atoms with E-state index in [2.05, 4.69) is 5.32 Å². The maximum Gasteiger partial charge on any atom is 0.133 e. The molecule has 0 bridgehead atoms. The molecule has 0 aliphatic rings. The van der Waals surface area contributed by atoms with Gasteiger partial charge in [-0.25, -0.2) is 9.07 Å². The molecular weight excluding hydrogens is 357 g/mol. The van der Waals surface area contributed by atoms with Gasteiger partial charge in [-0.1, -0.05) is 18.2 Å². The Hall–Kier alpha value is -3.22. The number of aromatic nitrogens is 2. The van der Waals surface area contributed by atoms with E-state index in [0.717, 1.165) is 22.5 Å². The van der Waals surface area contributed by atoms with Gasteiger partial charge < -0.3 is 14.8 Å². The quantitative estimate of drug-likeness (QED) is 0.509. The highest BCUT2D eigenvalue weighted by Gasteiger charge is 2.14. The third kappa shape index (κ3) is 4.03. The molecule has 5 nitrogen and oxygen atoms in total. The molecule has 2 N–H and O–H groups in total. The molecule has 28 heavy (non-hydrogen) atoms. The molecule has 0 saturated carbocycles. The van der Waals surface area contributed by atoms with E-state index in [9.17, 15) is 9.50 Å². The van der Waals surface area contributed by atoms with Crippen molar-refractivity contribution in [1.82, 2.24) is 15.1 Å². The first-order valence-corrected chi connectivity index (χ1v) is 9.03. The molecule has 0 saturated heterocycles. The lowest BCUT2D eigenvalue weighted by Gasteiger charge is -2.09. The van der Waals surface area contributed by atoms with Crippen LogP contribution in [0.25, 0.3) is 16.9 Å². The van der Waals surface area contributed by atoms with Crippen LogP contribution < -0.4 is 5.32 Å².